The summed E-state index contributed by atoms with van der Waals surface area (Å²) < 4.78 is 7.91. The topological polar surface area (TPSA) is 64.3 Å². The number of carbonyl (C=O) groups is 1. The fourth-order valence-corrected chi connectivity index (χ4v) is 3.23. The molecule has 1 unspecified atom stereocenters. The lowest BCUT2D eigenvalue weighted by Gasteiger charge is -2.13. The molecule has 2 heterocycles. The van der Waals surface area contributed by atoms with E-state index in [0.29, 0.717) is 6.54 Å². The van der Waals surface area contributed by atoms with Crippen molar-refractivity contribution in [2.45, 2.75) is 31.1 Å². The van der Waals surface area contributed by atoms with E-state index in [9.17, 15) is 4.79 Å². The minimum atomic E-state index is -0.836. The highest BCUT2D eigenvalue weighted by Crippen LogP contribution is 2.29. The zero-order valence-corrected chi connectivity index (χ0v) is 12.5. The quantitative estimate of drug-likeness (QED) is 0.859. The summed E-state index contributed by atoms with van der Waals surface area (Å²) in [5.41, 5.74) is 2.11. The first-order valence-corrected chi connectivity index (χ1v) is 7.73. The van der Waals surface area contributed by atoms with E-state index in [1.807, 2.05) is 35.9 Å². The highest BCUT2D eigenvalue weighted by Gasteiger charge is 2.23. The number of aryl methyl sites for hydroxylation is 1. The van der Waals surface area contributed by atoms with Crippen LogP contribution in [0.1, 0.15) is 11.3 Å². The Morgan fingerprint density at radius 1 is 1.52 bits per heavy atom. The third kappa shape index (κ3) is 3.21. The summed E-state index contributed by atoms with van der Waals surface area (Å²) >= 11 is 1.24. The van der Waals surface area contributed by atoms with Crippen molar-refractivity contribution < 1.29 is 14.6 Å². The van der Waals surface area contributed by atoms with Crippen LogP contribution in [0.5, 0.6) is 5.75 Å². The van der Waals surface area contributed by atoms with Crippen LogP contribution >= 0.6 is 11.8 Å². The largest absolute Gasteiger partial charge is 0.488 e. The minimum Gasteiger partial charge on any atom is -0.488 e. The molecule has 0 aliphatic carbocycles. The van der Waals surface area contributed by atoms with Gasteiger partial charge < -0.3 is 14.4 Å². The smallest absolute Gasteiger partial charge is 0.313 e. The first-order valence-electron chi connectivity index (χ1n) is 6.75. The van der Waals surface area contributed by atoms with Gasteiger partial charge in [-0.1, -0.05) is 30.0 Å². The van der Waals surface area contributed by atoms with Crippen molar-refractivity contribution >= 4 is 17.7 Å². The SMILES string of the molecule is Cc1cn(CC2Cc3ccccc3O2)c(SCC(=O)O)n1. The van der Waals surface area contributed by atoms with Gasteiger partial charge in [-0.15, -0.1) is 0 Å². The summed E-state index contributed by atoms with van der Waals surface area (Å²) in [5, 5.41) is 9.52. The van der Waals surface area contributed by atoms with Gasteiger partial charge in [-0.3, -0.25) is 4.79 Å². The molecule has 0 fully saturated rings. The van der Waals surface area contributed by atoms with Crippen LogP contribution in [0, 0.1) is 6.92 Å². The van der Waals surface area contributed by atoms with Crippen LogP contribution in [0.2, 0.25) is 0 Å². The Morgan fingerprint density at radius 3 is 3.10 bits per heavy atom. The summed E-state index contributed by atoms with van der Waals surface area (Å²) in [7, 11) is 0. The lowest BCUT2D eigenvalue weighted by atomic mass is 10.1. The molecule has 0 radical (unpaired) electrons. The van der Waals surface area contributed by atoms with Gasteiger partial charge in [0.05, 0.1) is 18.0 Å². The number of aromatic nitrogens is 2. The van der Waals surface area contributed by atoms with E-state index in [1.54, 1.807) is 0 Å². The summed E-state index contributed by atoms with van der Waals surface area (Å²) in [4.78, 5) is 15.1. The van der Waals surface area contributed by atoms with E-state index in [1.165, 1.54) is 17.3 Å². The van der Waals surface area contributed by atoms with Crippen LogP contribution in [-0.2, 0) is 17.8 Å². The van der Waals surface area contributed by atoms with Gasteiger partial charge in [0.15, 0.2) is 5.16 Å². The van der Waals surface area contributed by atoms with Gasteiger partial charge in [0.1, 0.15) is 11.9 Å². The van der Waals surface area contributed by atoms with Crippen LogP contribution in [-0.4, -0.2) is 32.5 Å². The fourth-order valence-electron chi connectivity index (χ4n) is 2.47. The number of rotatable bonds is 5. The highest BCUT2D eigenvalue weighted by atomic mass is 32.2. The number of hydrogen-bond donors (Lipinski definition) is 1. The van der Waals surface area contributed by atoms with Crippen molar-refractivity contribution in [1.82, 2.24) is 9.55 Å². The number of ether oxygens (including phenoxy) is 1. The highest BCUT2D eigenvalue weighted by molar-refractivity contribution is 7.99. The number of imidazole rings is 1. The van der Waals surface area contributed by atoms with Crippen molar-refractivity contribution in [2.24, 2.45) is 0 Å². The molecule has 1 aromatic carbocycles. The molecule has 2 aromatic rings. The number of hydrogen-bond acceptors (Lipinski definition) is 4. The van der Waals surface area contributed by atoms with Gasteiger partial charge >= 0.3 is 5.97 Å². The molecule has 3 rings (SSSR count). The van der Waals surface area contributed by atoms with Crippen molar-refractivity contribution in [3.8, 4) is 5.75 Å². The molecule has 1 N–H and O–H groups in total. The maximum Gasteiger partial charge on any atom is 0.313 e. The maximum absolute atomic E-state index is 10.7. The number of benzene rings is 1. The fraction of sp³-hybridized carbons (Fsp3) is 0.333. The molecule has 0 bridgehead atoms. The third-order valence-electron chi connectivity index (χ3n) is 3.30. The molecule has 1 atom stereocenters. The molecule has 6 heteroatoms. The lowest BCUT2D eigenvalue weighted by molar-refractivity contribution is -0.133. The number of carboxylic acids is 1. The van der Waals surface area contributed by atoms with Gasteiger partial charge in [-0.25, -0.2) is 4.98 Å². The summed E-state index contributed by atoms with van der Waals surface area (Å²) in [6.07, 6.45) is 2.88. The van der Waals surface area contributed by atoms with E-state index in [0.717, 1.165) is 23.0 Å². The van der Waals surface area contributed by atoms with E-state index in [-0.39, 0.29) is 11.9 Å². The molecule has 0 amide bonds. The Hall–Kier alpha value is -1.95. The van der Waals surface area contributed by atoms with Crippen LogP contribution in [0.4, 0.5) is 0 Å². The Kier molecular flexibility index (Phi) is 3.88. The Morgan fingerprint density at radius 2 is 2.33 bits per heavy atom. The predicted octanol–water partition coefficient (Wildman–Crippen LogP) is 2.37. The van der Waals surface area contributed by atoms with E-state index in [4.69, 9.17) is 9.84 Å². The molecule has 0 saturated carbocycles. The first-order chi connectivity index (χ1) is 10.1. The second kappa shape index (κ2) is 5.81. The zero-order chi connectivity index (χ0) is 14.8. The minimum absolute atomic E-state index is 0.0161. The van der Waals surface area contributed by atoms with Gasteiger partial charge in [0.25, 0.3) is 0 Å². The molecule has 1 aliphatic heterocycles. The molecule has 21 heavy (non-hydrogen) atoms. The molecule has 5 nitrogen and oxygen atoms in total. The second-order valence-corrected chi connectivity index (χ2v) is 5.99. The lowest BCUT2D eigenvalue weighted by Crippen LogP contribution is -2.21. The number of fused-ring (bicyclic) bond motifs is 1. The monoisotopic (exact) mass is 304 g/mol. The Balaban J connectivity index is 1.70. The number of aliphatic carboxylic acids is 1. The second-order valence-electron chi connectivity index (χ2n) is 5.05. The summed E-state index contributed by atoms with van der Waals surface area (Å²) in [6, 6.07) is 8.04. The van der Waals surface area contributed by atoms with Crippen molar-refractivity contribution in [2.75, 3.05) is 5.75 Å². The van der Waals surface area contributed by atoms with Gasteiger partial charge in [-0.05, 0) is 18.6 Å². The van der Waals surface area contributed by atoms with Crippen molar-refractivity contribution in [3.63, 3.8) is 0 Å². The van der Waals surface area contributed by atoms with E-state index < -0.39 is 5.97 Å². The molecular weight excluding hydrogens is 288 g/mol. The molecule has 0 spiro atoms. The number of para-hydroxylation sites is 1. The third-order valence-corrected chi connectivity index (χ3v) is 4.27. The zero-order valence-electron chi connectivity index (χ0n) is 11.7. The number of nitrogens with zero attached hydrogens (tertiary/aromatic N) is 2. The standard InChI is InChI=1S/C15H16N2O3S/c1-10-7-17(15(16-10)21-9-14(18)19)8-12-6-11-4-2-3-5-13(11)20-12/h2-5,7,12H,6,8-9H2,1H3,(H,18,19). The van der Waals surface area contributed by atoms with Crippen LogP contribution < -0.4 is 4.74 Å². The van der Waals surface area contributed by atoms with Gasteiger partial charge in [0.2, 0.25) is 0 Å². The Bertz CT molecular complexity index is 644. The molecule has 1 aromatic heterocycles. The Labute approximate surface area is 127 Å². The predicted molar refractivity (Wildman–Crippen MR) is 79.9 cm³/mol. The molecular formula is C15H16N2O3S. The van der Waals surface area contributed by atoms with E-state index in [2.05, 4.69) is 11.1 Å². The molecule has 1 aliphatic rings. The summed E-state index contributed by atoms with van der Waals surface area (Å²) in [5.74, 6) is 0.123. The van der Waals surface area contributed by atoms with E-state index >= 15 is 0 Å². The van der Waals surface area contributed by atoms with Crippen molar-refractivity contribution in [3.05, 3.63) is 41.7 Å². The molecule has 0 saturated heterocycles. The molecule has 110 valence electrons. The van der Waals surface area contributed by atoms with Gasteiger partial charge in [-0.2, -0.15) is 0 Å². The van der Waals surface area contributed by atoms with Crippen molar-refractivity contribution in [1.29, 1.82) is 0 Å². The summed E-state index contributed by atoms with van der Waals surface area (Å²) in [6.45, 7) is 2.59. The average molecular weight is 304 g/mol. The van der Waals surface area contributed by atoms with Crippen LogP contribution in [0.25, 0.3) is 0 Å². The number of carboxylic acid groups (broad SMARTS) is 1. The normalized spacial score (nSPS) is 16.5. The van der Waals surface area contributed by atoms with Gasteiger partial charge in [0, 0.05) is 12.6 Å². The first kappa shape index (κ1) is 14.0. The number of thioether (sulfide) groups is 1. The maximum atomic E-state index is 10.7. The van der Waals surface area contributed by atoms with Crippen LogP contribution in [0.15, 0.2) is 35.6 Å². The average Bonchev–Trinajstić information content (AvgIpc) is 2.99. The van der Waals surface area contributed by atoms with Crippen LogP contribution in [0.3, 0.4) is 0 Å².